The summed E-state index contributed by atoms with van der Waals surface area (Å²) in [5, 5.41) is 3.35. The summed E-state index contributed by atoms with van der Waals surface area (Å²) in [5.41, 5.74) is 2.81. The number of aromatic nitrogens is 2. The van der Waals surface area contributed by atoms with E-state index in [1.165, 1.54) is 0 Å². The van der Waals surface area contributed by atoms with Crippen molar-refractivity contribution < 1.29 is 14.3 Å². The van der Waals surface area contributed by atoms with Gasteiger partial charge in [0, 0.05) is 24.2 Å². The molecule has 5 rings (SSSR count). The number of para-hydroxylation sites is 1. The molecule has 1 N–H and O–H groups in total. The van der Waals surface area contributed by atoms with Crippen molar-refractivity contribution in [2.45, 2.75) is 38.8 Å². The van der Waals surface area contributed by atoms with E-state index in [4.69, 9.17) is 4.74 Å². The van der Waals surface area contributed by atoms with Crippen LogP contribution in [0.1, 0.15) is 51.4 Å². The Kier molecular flexibility index (Phi) is 6.39. The Morgan fingerprint density at radius 2 is 1.69 bits per heavy atom. The van der Waals surface area contributed by atoms with E-state index < -0.39 is 5.97 Å². The standard InChI is InChI=1S/C28H25N3O4/c32-26(29-22-7-3-1-4-8-22)20-12-10-19(11-13-20)18-35-28(34)21-14-15-23-24(17-21)30-25-9-5-2-6-16-31(25)27(23)33/h1,3-4,7-8,10-15,17H,2,5-6,9,16,18H2,(H,29,32). The predicted molar refractivity (Wildman–Crippen MR) is 134 cm³/mol. The molecule has 1 aliphatic heterocycles. The molecule has 2 heterocycles. The monoisotopic (exact) mass is 467 g/mol. The first-order valence-corrected chi connectivity index (χ1v) is 11.7. The number of amides is 1. The second-order valence-electron chi connectivity index (χ2n) is 8.62. The first-order chi connectivity index (χ1) is 17.1. The summed E-state index contributed by atoms with van der Waals surface area (Å²) >= 11 is 0. The lowest BCUT2D eigenvalue weighted by Crippen LogP contribution is -2.24. The highest BCUT2D eigenvalue weighted by Gasteiger charge is 2.16. The number of nitrogens with one attached hydrogen (secondary N) is 1. The second kappa shape index (κ2) is 9.93. The number of aryl methyl sites for hydroxylation is 1. The van der Waals surface area contributed by atoms with E-state index in [2.05, 4.69) is 10.3 Å². The van der Waals surface area contributed by atoms with Crippen LogP contribution < -0.4 is 10.9 Å². The quantitative estimate of drug-likeness (QED) is 0.429. The summed E-state index contributed by atoms with van der Waals surface area (Å²) in [7, 11) is 0. The van der Waals surface area contributed by atoms with E-state index in [1.807, 2.05) is 30.3 Å². The van der Waals surface area contributed by atoms with Crippen LogP contribution in [0, 0.1) is 0 Å². The van der Waals surface area contributed by atoms with Crippen molar-refractivity contribution >= 4 is 28.5 Å². The van der Waals surface area contributed by atoms with E-state index in [0.717, 1.165) is 42.8 Å². The van der Waals surface area contributed by atoms with Crippen LogP contribution in [0.4, 0.5) is 5.69 Å². The largest absolute Gasteiger partial charge is 0.457 e. The molecule has 0 fully saturated rings. The van der Waals surface area contributed by atoms with Gasteiger partial charge in [-0.15, -0.1) is 0 Å². The number of carbonyl (C=O) groups is 2. The molecule has 0 aliphatic carbocycles. The number of ether oxygens (including phenoxy) is 1. The van der Waals surface area contributed by atoms with Gasteiger partial charge in [0.15, 0.2) is 0 Å². The molecule has 0 spiro atoms. The Morgan fingerprint density at radius 1 is 0.914 bits per heavy atom. The topological polar surface area (TPSA) is 90.3 Å². The van der Waals surface area contributed by atoms with Gasteiger partial charge in [-0.2, -0.15) is 0 Å². The van der Waals surface area contributed by atoms with Gasteiger partial charge >= 0.3 is 5.97 Å². The minimum atomic E-state index is -0.491. The number of anilines is 1. The smallest absolute Gasteiger partial charge is 0.338 e. The van der Waals surface area contributed by atoms with Gasteiger partial charge in [-0.05, 0) is 60.9 Å². The average Bonchev–Trinajstić information content (AvgIpc) is 3.14. The minimum absolute atomic E-state index is 0.0526. The van der Waals surface area contributed by atoms with E-state index in [-0.39, 0.29) is 18.1 Å². The molecular weight excluding hydrogens is 442 g/mol. The van der Waals surface area contributed by atoms with Gasteiger partial charge in [0.05, 0.1) is 16.5 Å². The van der Waals surface area contributed by atoms with Crippen LogP contribution in [0.5, 0.6) is 0 Å². The van der Waals surface area contributed by atoms with Gasteiger partial charge in [0.2, 0.25) is 0 Å². The molecule has 0 radical (unpaired) electrons. The molecule has 0 saturated heterocycles. The SMILES string of the molecule is O=C(Nc1ccccc1)c1ccc(COC(=O)c2ccc3c(=O)n4c(nc3c2)CCCCC4)cc1. The predicted octanol–water partition coefficient (Wildman–Crippen LogP) is 4.73. The van der Waals surface area contributed by atoms with Crippen molar-refractivity contribution in [3.05, 3.63) is 106 Å². The lowest BCUT2D eigenvalue weighted by Gasteiger charge is -2.11. The Hall–Kier alpha value is -4.26. The highest BCUT2D eigenvalue weighted by Crippen LogP contribution is 2.17. The van der Waals surface area contributed by atoms with Crippen molar-refractivity contribution in [3.8, 4) is 0 Å². The third-order valence-electron chi connectivity index (χ3n) is 6.17. The van der Waals surface area contributed by atoms with E-state index >= 15 is 0 Å². The Labute approximate surface area is 202 Å². The molecule has 0 atom stereocenters. The lowest BCUT2D eigenvalue weighted by atomic mass is 10.1. The third-order valence-corrected chi connectivity index (χ3v) is 6.17. The van der Waals surface area contributed by atoms with Crippen LogP contribution in [-0.4, -0.2) is 21.4 Å². The zero-order chi connectivity index (χ0) is 24.2. The molecule has 176 valence electrons. The Morgan fingerprint density at radius 3 is 2.49 bits per heavy atom. The fourth-order valence-corrected chi connectivity index (χ4v) is 4.25. The van der Waals surface area contributed by atoms with Crippen molar-refractivity contribution in [3.63, 3.8) is 0 Å². The van der Waals surface area contributed by atoms with Crippen LogP contribution in [0.2, 0.25) is 0 Å². The third kappa shape index (κ3) is 4.99. The van der Waals surface area contributed by atoms with Gasteiger partial charge < -0.3 is 10.1 Å². The second-order valence-corrected chi connectivity index (χ2v) is 8.62. The number of rotatable bonds is 5. The first kappa shape index (κ1) is 22.5. The normalized spacial score (nSPS) is 13.0. The summed E-state index contributed by atoms with van der Waals surface area (Å²) in [6, 6.07) is 21.0. The summed E-state index contributed by atoms with van der Waals surface area (Å²) in [6.07, 6.45) is 3.82. The van der Waals surface area contributed by atoms with E-state index in [9.17, 15) is 14.4 Å². The molecule has 0 unspecified atom stereocenters. The highest BCUT2D eigenvalue weighted by atomic mass is 16.5. The molecule has 1 aliphatic rings. The van der Waals surface area contributed by atoms with Gasteiger partial charge in [-0.1, -0.05) is 36.8 Å². The van der Waals surface area contributed by atoms with Crippen LogP contribution in [-0.2, 0) is 24.3 Å². The van der Waals surface area contributed by atoms with Gasteiger partial charge in [0.25, 0.3) is 11.5 Å². The van der Waals surface area contributed by atoms with E-state index in [1.54, 1.807) is 47.0 Å². The van der Waals surface area contributed by atoms with Gasteiger partial charge in [0.1, 0.15) is 12.4 Å². The molecule has 1 aromatic heterocycles. The molecule has 7 heteroatoms. The number of esters is 1. The number of fused-ring (bicyclic) bond motifs is 2. The summed E-state index contributed by atoms with van der Waals surface area (Å²) < 4.78 is 7.23. The first-order valence-electron chi connectivity index (χ1n) is 11.7. The minimum Gasteiger partial charge on any atom is -0.457 e. The molecule has 0 bridgehead atoms. The number of hydrogen-bond donors (Lipinski definition) is 1. The zero-order valence-corrected chi connectivity index (χ0v) is 19.2. The van der Waals surface area contributed by atoms with Crippen molar-refractivity contribution in [2.75, 3.05) is 5.32 Å². The fraction of sp³-hybridized carbons (Fsp3) is 0.214. The summed E-state index contributed by atoms with van der Waals surface area (Å²) in [5.74, 6) is 0.0776. The maximum Gasteiger partial charge on any atom is 0.338 e. The molecule has 3 aromatic carbocycles. The van der Waals surface area contributed by atoms with Crippen LogP contribution in [0.15, 0.2) is 77.6 Å². The van der Waals surface area contributed by atoms with Crippen molar-refractivity contribution in [2.24, 2.45) is 0 Å². The number of carbonyl (C=O) groups excluding carboxylic acids is 2. The molecule has 35 heavy (non-hydrogen) atoms. The number of benzene rings is 3. The van der Waals surface area contributed by atoms with Gasteiger partial charge in [-0.25, -0.2) is 9.78 Å². The summed E-state index contributed by atoms with van der Waals surface area (Å²) in [6.45, 7) is 0.755. The molecule has 4 aromatic rings. The lowest BCUT2D eigenvalue weighted by molar-refractivity contribution is 0.0472. The molecule has 1 amide bonds. The van der Waals surface area contributed by atoms with Crippen LogP contribution in [0.3, 0.4) is 0 Å². The fourth-order valence-electron chi connectivity index (χ4n) is 4.25. The maximum atomic E-state index is 12.9. The zero-order valence-electron chi connectivity index (χ0n) is 19.2. The van der Waals surface area contributed by atoms with Crippen LogP contribution in [0.25, 0.3) is 10.9 Å². The van der Waals surface area contributed by atoms with E-state index in [0.29, 0.717) is 28.6 Å². The van der Waals surface area contributed by atoms with Crippen LogP contribution >= 0.6 is 0 Å². The number of hydrogen-bond acceptors (Lipinski definition) is 5. The average molecular weight is 468 g/mol. The number of nitrogens with zero attached hydrogens (tertiary/aromatic N) is 2. The molecular formula is C28H25N3O4. The Balaban J connectivity index is 1.25. The highest BCUT2D eigenvalue weighted by molar-refractivity contribution is 6.04. The van der Waals surface area contributed by atoms with Crippen molar-refractivity contribution in [1.29, 1.82) is 0 Å². The van der Waals surface area contributed by atoms with Crippen molar-refractivity contribution in [1.82, 2.24) is 9.55 Å². The van der Waals surface area contributed by atoms with Gasteiger partial charge in [-0.3, -0.25) is 14.2 Å². The molecule has 0 saturated carbocycles. The summed E-state index contributed by atoms with van der Waals surface area (Å²) in [4.78, 5) is 42.6. The Bertz CT molecular complexity index is 1440. The maximum absolute atomic E-state index is 12.9. The molecule has 7 nitrogen and oxygen atoms in total.